The molecule has 76 valence electrons. The molecule has 0 aliphatic heterocycles. The van der Waals surface area contributed by atoms with Crippen molar-refractivity contribution in [1.29, 1.82) is 0 Å². The van der Waals surface area contributed by atoms with E-state index in [-0.39, 0.29) is 0 Å². The zero-order chi connectivity index (χ0) is 10.6. The summed E-state index contributed by atoms with van der Waals surface area (Å²) < 4.78 is 4.51. The first-order chi connectivity index (χ1) is 6.66. The van der Waals surface area contributed by atoms with Crippen molar-refractivity contribution < 1.29 is 14.6 Å². The molecule has 0 amide bonds. The van der Waals surface area contributed by atoms with E-state index in [0.29, 0.717) is 5.56 Å². The molecule has 0 spiro atoms. The molecule has 3 nitrogen and oxygen atoms in total. The molecular formula is C10H11BrO3. The lowest BCUT2D eigenvalue weighted by molar-refractivity contribution is -0.141. The SMILES string of the molecule is COC(=O)[C@H](Br)[C@@H](O)c1ccccc1. The molecule has 0 aromatic heterocycles. The molecule has 4 heteroatoms. The predicted molar refractivity (Wildman–Crippen MR) is 56.1 cm³/mol. The molecule has 0 fully saturated rings. The Morgan fingerprint density at radius 2 is 2.00 bits per heavy atom. The van der Waals surface area contributed by atoms with Crippen LogP contribution in [0.15, 0.2) is 30.3 Å². The average molecular weight is 259 g/mol. The Bertz CT molecular complexity index is 299. The number of hydrogen-bond donors (Lipinski definition) is 1. The van der Waals surface area contributed by atoms with Crippen molar-refractivity contribution in [3.63, 3.8) is 0 Å². The van der Waals surface area contributed by atoms with Gasteiger partial charge in [0.25, 0.3) is 0 Å². The molecule has 0 aliphatic rings. The van der Waals surface area contributed by atoms with Crippen molar-refractivity contribution in [2.45, 2.75) is 10.9 Å². The third-order valence-corrected chi connectivity index (χ3v) is 2.72. The molecule has 1 rings (SSSR count). The van der Waals surface area contributed by atoms with E-state index in [0.717, 1.165) is 0 Å². The van der Waals surface area contributed by atoms with Gasteiger partial charge in [0.15, 0.2) is 0 Å². The number of benzene rings is 1. The van der Waals surface area contributed by atoms with Crippen LogP contribution in [0.25, 0.3) is 0 Å². The van der Waals surface area contributed by atoms with E-state index in [1.807, 2.05) is 6.07 Å². The second-order valence-electron chi connectivity index (χ2n) is 2.78. The first-order valence-corrected chi connectivity index (χ1v) is 5.03. The number of methoxy groups -OCH3 is 1. The van der Waals surface area contributed by atoms with Crippen molar-refractivity contribution in [2.24, 2.45) is 0 Å². The van der Waals surface area contributed by atoms with E-state index in [9.17, 15) is 9.90 Å². The number of halogens is 1. The third-order valence-electron chi connectivity index (χ3n) is 1.84. The van der Waals surface area contributed by atoms with E-state index in [2.05, 4.69) is 20.7 Å². The van der Waals surface area contributed by atoms with Gasteiger partial charge in [0, 0.05) is 0 Å². The summed E-state index contributed by atoms with van der Waals surface area (Å²) in [6, 6.07) is 8.95. The summed E-state index contributed by atoms with van der Waals surface area (Å²) in [4.78, 5) is 10.4. The van der Waals surface area contributed by atoms with Crippen LogP contribution in [0.1, 0.15) is 11.7 Å². The van der Waals surface area contributed by atoms with Gasteiger partial charge in [-0.25, -0.2) is 0 Å². The van der Waals surface area contributed by atoms with Gasteiger partial charge in [-0.3, -0.25) is 4.79 Å². The third kappa shape index (κ3) is 2.56. The van der Waals surface area contributed by atoms with E-state index in [1.54, 1.807) is 24.3 Å². The van der Waals surface area contributed by atoms with Crippen LogP contribution >= 0.6 is 15.9 Å². The summed E-state index contributed by atoms with van der Waals surface area (Å²) >= 11 is 3.08. The zero-order valence-electron chi connectivity index (χ0n) is 7.68. The molecule has 2 atom stereocenters. The molecule has 0 saturated carbocycles. The highest BCUT2D eigenvalue weighted by molar-refractivity contribution is 9.10. The highest BCUT2D eigenvalue weighted by Crippen LogP contribution is 2.22. The second kappa shape index (κ2) is 5.12. The van der Waals surface area contributed by atoms with Gasteiger partial charge in [-0.1, -0.05) is 46.3 Å². The Hall–Kier alpha value is -0.870. The van der Waals surface area contributed by atoms with E-state index >= 15 is 0 Å². The summed E-state index contributed by atoms with van der Waals surface area (Å²) in [7, 11) is 1.29. The first-order valence-electron chi connectivity index (χ1n) is 4.11. The normalized spacial score (nSPS) is 14.5. The fourth-order valence-electron chi connectivity index (χ4n) is 1.06. The van der Waals surface area contributed by atoms with Crippen molar-refractivity contribution in [3.05, 3.63) is 35.9 Å². The average Bonchev–Trinajstić information content (AvgIpc) is 2.27. The maximum absolute atomic E-state index is 11.1. The fraction of sp³-hybridized carbons (Fsp3) is 0.300. The molecule has 0 saturated heterocycles. The number of aliphatic hydroxyl groups excluding tert-OH is 1. The molecule has 1 aromatic rings. The topological polar surface area (TPSA) is 46.5 Å². The molecule has 0 aliphatic carbocycles. The highest BCUT2D eigenvalue weighted by atomic mass is 79.9. The van der Waals surface area contributed by atoms with Crippen LogP contribution in [0, 0.1) is 0 Å². The molecule has 0 unspecified atom stereocenters. The van der Waals surface area contributed by atoms with Crippen molar-refractivity contribution >= 4 is 21.9 Å². The maximum atomic E-state index is 11.1. The van der Waals surface area contributed by atoms with Gasteiger partial charge < -0.3 is 9.84 Å². The number of esters is 1. The van der Waals surface area contributed by atoms with Gasteiger partial charge in [0.1, 0.15) is 10.9 Å². The Labute approximate surface area is 90.8 Å². The second-order valence-corrected chi connectivity index (χ2v) is 3.77. The van der Waals surface area contributed by atoms with E-state index < -0.39 is 16.9 Å². The standard InChI is InChI=1S/C10H11BrO3/c1-14-10(13)8(11)9(12)7-5-3-2-4-6-7/h2-6,8-9,12H,1H3/t8-,9+/m1/s1. The number of carbonyl (C=O) groups excluding carboxylic acids is 1. The van der Waals surface area contributed by atoms with Crippen LogP contribution < -0.4 is 0 Å². The molecule has 1 N–H and O–H groups in total. The van der Waals surface area contributed by atoms with Gasteiger partial charge in [0.2, 0.25) is 0 Å². The largest absolute Gasteiger partial charge is 0.468 e. The lowest BCUT2D eigenvalue weighted by Crippen LogP contribution is -2.23. The number of ether oxygens (including phenoxy) is 1. The minimum absolute atomic E-state index is 0.485. The van der Waals surface area contributed by atoms with Gasteiger partial charge in [0.05, 0.1) is 7.11 Å². The van der Waals surface area contributed by atoms with Gasteiger partial charge >= 0.3 is 5.97 Å². The molecule has 0 radical (unpaired) electrons. The van der Waals surface area contributed by atoms with Crippen molar-refractivity contribution in [3.8, 4) is 0 Å². The monoisotopic (exact) mass is 258 g/mol. The van der Waals surface area contributed by atoms with Gasteiger partial charge in [-0.05, 0) is 5.56 Å². The quantitative estimate of drug-likeness (QED) is 0.663. The number of rotatable bonds is 3. The van der Waals surface area contributed by atoms with E-state index in [1.165, 1.54) is 7.11 Å². The highest BCUT2D eigenvalue weighted by Gasteiger charge is 2.25. The molecule has 0 heterocycles. The van der Waals surface area contributed by atoms with Crippen LogP contribution in [0.5, 0.6) is 0 Å². The smallest absolute Gasteiger partial charge is 0.322 e. The summed E-state index contributed by atoms with van der Waals surface area (Å²) in [6.07, 6.45) is -0.886. The lowest BCUT2D eigenvalue weighted by Gasteiger charge is -2.15. The van der Waals surface area contributed by atoms with Crippen molar-refractivity contribution in [2.75, 3.05) is 7.11 Å². The van der Waals surface area contributed by atoms with Gasteiger partial charge in [-0.15, -0.1) is 0 Å². The molecular weight excluding hydrogens is 248 g/mol. The number of alkyl halides is 1. The number of aliphatic hydroxyl groups is 1. The fourth-order valence-corrected chi connectivity index (χ4v) is 1.55. The Morgan fingerprint density at radius 1 is 1.43 bits per heavy atom. The lowest BCUT2D eigenvalue weighted by atomic mass is 10.1. The predicted octanol–water partition coefficient (Wildman–Crippen LogP) is 1.66. The maximum Gasteiger partial charge on any atom is 0.322 e. The minimum atomic E-state index is -0.886. The number of carbonyl (C=O) groups is 1. The Morgan fingerprint density at radius 3 is 2.50 bits per heavy atom. The molecule has 0 bridgehead atoms. The van der Waals surface area contributed by atoms with Crippen LogP contribution in [0.2, 0.25) is 0 Å². The van der Waals surface area contributed by atoms with Crippen LogP contribution in [0.4, 0.5) is 0 Å². The summed E-state index contributed by atoms with van der Waals surface area (Å²) in [5, 5.41) is 9.74. The summed E-state index contributed by atoms with van der Waals surface area (Å²) in [5.74, 6) is -0.485. The van der Waals surface area contributed by atoms with Crippen LogP contribution in [0.3, 0.4) is 0 Å². The van der Waals surface area contributed by atoms with Crippen molar-refractivity contribution in [1.82, 2.24) is 0 Å². The minimum Gasteiger partial charge on any atom is -0.468 e. The Kier molecular flexibility index (Phi) is 4.10. The van der Waals surface area contributed by atoms with E-state index in [4.69, 9.17) is 0 Å². The summed E-state index contributed by atoms with van der Waals surface area (Å²) in [6.45, 7) is 0. The molecule has 14 heavy (non-hydrogen) atoms. The Balaban J connectivity index is 2.75. The zero-order valence-corrected chi connectivity index (χ0v) is 9.27. The molecule has 1 aromatic carbocycles. The van der Waals surface area contributed by atoms with Crippen LogP contribution in [-0.4, -0.2) is 23.0 Å². The summed E-state index contributed by atoms with van der Waals surface area (Å²) in [5.41, 5.74) is 0.680. The first kappa shape index (κ1) is 11.2. The van der Waals surface area contributed by atoms with Crippen LogP contribution in [-0.2, 0) is 9.53 Å². The van der Waals surface area contributed by atoms with Gasteiger partial charge in [-0.2, -0.15) is 0 Å². The number of hydrogen-bond acceptors (Lipinski definition) is 3.